The lowest BCUT2D eigenvalue weighted by atomic mass is 10.2. The molecule has 1 aliphatic rings. The summed E-state index contributed by atoms with van der Waals surface area (Å²) in [6, 6.07) is 10.6. The standard InChI is InChI=1S/C14H21NO2/c1-2-17-14-8-13(11-16)15(10-14)9-12-6-4-3-5-7-12/h3-7,13-14,16H,2,8-11H2,1H3/t13-,14+/m0/s1. The van der Waals surface area contributed by atoms with Gasteiger partial charge in [-0.1, -0.05) is 30.3 Å². The number of benzene rings is 1. The average molecular weight is 235 g/mol. The molecule has 1 aliphatic heterocycles. The molecule has 0 saturated carbocycles. The molecule has 3 nitrogen and oxygen atoms in total. The van der Waals surface area contributed by atoms with Crippen molar-refractivity contribution in [1.82, 2.24) is 4.90 Å². The summed E-state index contributed by atoms with van der Waals surface area (Å²) in [5.41, 5.74) is 1.29. The number of aliphatic hydroxyl groups excluding tert-OH is 1. The predicted octanol–water partition coefficient (Wildman–Crippen LogP) is 1.66. The topological polar surface area (TPSA) is 32.7 Å². The summed E-state index contributed by atoms with van der Waals surface area (Å²) in [5.74, 6) is 0. The lowest BCUT2D eigenvalue weighted by molar-refractivity contribution is 0.0683. The Morgan fingerprint density at radius 3 is 2.76 bits per heavy atom. The summed E-state index contributed by atoms with van der Waals surface area (Å²) in [6.45, 7) is 4.82. The fourth-order valence-electron chi connectivity index (χ4n) is 2.50. The third-order valence-corrected chi connectivity index (χ3v) is 3.33. The van der Waals surface area contributed by atoms with E-state index in [1.54, 1.807) is 0 Å². The third kappa shape index (κ3) is 3.28. The highest BCUT2D eigenvalue weighted by atomic mass is 16.5. The molecule has 1 fully saturated rings. The van der Waals surface area contributed by atoms with Gasteiger partial charge in [0.05, 0.1) is 12.7 Å². The monoisotopic (exact) mass is 235 g/mol. The molecule has 94 valence electrons. The molecule has 17 heavy (non-hydrogen) atoms. The average Bonchev–Trinajstić information content (AvgIpc) is 2.73. The van der Waals surface area contributed by atoms with Gasteiger partial charge >= 0.3 is 0 Å². The Bertz CT molecular complexity index is 328. The van der Waals surface area contributed by atoms with Crippen LogP contribution in [0.3, 0.4) is 0 Å². The van der Waals surface area contributed by atoms with Crippen LogP contribution in [0.5, 0.6) is 0 Å². The van der Waals surface area contributed by atoms with Gasteiger partial charge in [0.1, 0.15) is 0 Å². The van der Waals surface area contributed by atoms with Crippen molar-refractivity contribution in [2.75, 3.05) is 19.8 Å². The smallest absolute Gasteiger partial charge is 0.0717 e. The highest BCUT2D eigenvalue weighted by molar-refractivity contribution is 5.15. The minimum Gasteiger partial charge on any atom is -0.395 e. The van der Waals surface area contributed by atoms with Gasteiger partial charge in [-0.15, -0.1) is 0 Å². The SMILES string of the molecule is CCO[C@@H]1C[C@@H](CO)N(Cc2ccccc2)C1. The van der Waals surface area contributed by atoms with Gasteiger partial charge < -0.3 is 9.84 Å². The minimum atomic E-state index is 0.219. The van der Waals surface area contributed by atoms with E-state index in [4.69, 9.17) is 4.74 Å². The van der Waals surface area contributed by atoms with Gasteiger partial charge in [0.25, 0.3) is 0 Å². The first-order valence-electron chi connectivity index (χ1n) is 6.34. The van der Waals surface area contributed by atoms with Crippen LogP contribution in [0.25, 0.3) is 0 Å². The maximum Gasteiger partial charge on any atom is 0.0717 e. The van der Waals surface area contributed by atoms with E-state index in [0.717, 1.165) is 26.1 Å². The van der Waals surface area contributed by atoms with Gasteiger partial charge in [-0.05, 0) is 18.9 Å². The van der Waals surface area contributed by atoms with Gasteiger partial charge in [0.15, 0.2) is 0 Å². The molecule has 0 amide bonds. The van der Waals surface area contributed by atoms with Crippen molar-refractivity contribution >= 4 is 0 Å². The Hall–Kier alpha value is -0.900. The Balaban J connectivity index is 1.95. The molecule has 0 aliphatic carbocycles. The van der Waals surface area contributed by atoms with Gasteiger partial charge in [-0.3, -0.25) is 4.90 Å². The molecular weight excluding hydrogens is 214 g/mol. The molecule has 0 bridgehead atoms. The van der Waals surface area contributed by atoms with Gasteiger partial charge in [0, 0.05) is 25.7 Å². The summed E-state index contributed by atoms with van der Waals surface area (Å²) in [7, 11) is 0. The van der Waals surface area contributed by atoms with Crippen molar-refractivity contribution in [3.8, 4) is 0 Å². The number of hydrogen-bond acceptors (Lipinski definition) is 3. The lowest BCUT2D eigenvalue weighted by Crippen LogP contribution is -2.31. The van der Waals surface area contributed by atoms with Crippen LogP contribution < -0.4 is 0 Å². The van der Waals surface area contributed by atoms with Crippen molar-refractivity contribution < 1.29 is 9.84 Å². The molecule has 2 atom stereocenters. The zero-order valence-corrected chi connectivity index (χ0v) is 10.4. The number of aliphatic hydroxyl groups is 1. The van der Waals surface area contributed by atoms with E-state index in [1.807, 2.05) is 13.0 Å². The maximum atomic E-state index is 9.40. The highest BCUT2D eigenvalue weighted by Crippen LogP contribution is 2.22. The second-order valence-electron chi connectivity index (χ2n) is 4.56. The summed E-state index contributed by atoms with van der Waals surface area (Å²) in [5, 5.41) is 9.40. The van der Waals surface area contributed by atoms with Crippen LogP contribution in [-0.2, 0) is 11.3 Å². The first-order chi connectivity index (χ1) is 8.33. The largest absolute Gasteiger partial charge is 0.395 e. The summed E-state index contributed by atoms with van der Waals surface area (Å²) < 4.78 is 5.65. The lowest BCUT2D eigenvalue weighted by Gasteiger charge is -2.22. The molecular formula is C14H21NO2. The van der Waals surface area contributed by atoms with E-state index in [9.17, 15) is 5.11 Å². The summed E-state index contributed by atoms with van der Waals surface area (Å²) >= 11 is 0. The molecule has 1 saturated heterocycles. The molecule has 0 unspecified atom stereocenters. The Morgan fingerprint density at radius 1 is 1.35 bits per heavy atom. The van der Waals surface area contributed by atoms with Crippen LogP contribution in [-0.4, -0.2) is 41.9 Å². The minimum absolute atomic E-state index is 0.219. The first kappa shape index (κ1) is 12.6. The van der Waals surface area contributed by atoms with E-state index in [2.05, 4.69) is 29.2 Å². The highest BCUT2D eigenvalue weighted by Gasteiger charge is 2.31. The molecule has 1 N–H and O–H groups in total. The van der Waals surface area contributed by atoms with Crippen molar-refractivity contribution in [3.05, 3.63) is 35.9 Å². The molecule has 2 rings (SSSR count). The summed E-state index contributed by atoms with van der Waals surface area (Å²) in [4.78, 5) is 2.32. The molecule has 0 radical (unpaired) electrons. The van der Waals surface area contributed by atoms with E-state index >= 15 is 0 Å². The normalized spacial score (nSPS) is 25.3. The van der Waals surface area contributed by atoms with E-state index in [1.165, 1.54) is 5.56 Å². The first-order valence-corrected chi connectivity index (χ1v) is 6.34. The molecule has 3 heteroatoms. The Labute approximate surface area is 103 Å². The van der Waals surface area contributed by atoms with Crippen LogP contribution in [0.15, 0.2) is 30.3 Å². The second kappa shape index (κ2) is 6.15. The van der Waals surface area contributed by atoms with Crippen LogP contribution in [0.4, 0.5) is 0 Å². The van der Waals surface area contributed by atoms with Crippen LogP contribution in [0.1, 0.15) is 18.9 Å². The van der Waals surface area contributed by atoms with Crippen molar-refractivity contribution in [2.24, 2.45) is 0 Å². The Morgan fingerprint density at radius 2 is 2.12 bits per heavy atom. The molecule has 1 aromatic rings. The number of rotatable bonds is 5. The van der Waals surface area contributed by atoms with Gasteiger partial charge in [0.2, 0.25) is 0 Å². The van der Waals surface area contributed by atoms with E-state index in [0.29, 0.717) is 0 Å². The number of hydrogen-bond donors (Lipinski definition) is 1. The number of ether oxygens (including phenoxy) is 1. The predicted molar refractivity (Wildman–Crippen MR) is 67.8 cm³/mol. The second-order valence-corrected chi connectivity index (χ2v) is 4.56. The van der Waals surface area contributed by atoms with Crippen LogP contribution >= 0.6 is 0 Å². The number of likely N-dealkylation sites (tertiary alicyclic amines) is 1. The van der Waals surface area contributed by atoms with Crippen LogP contribution in [0, 0.1) is 0 Å². The maximum absolute atomic E-state index is 9.40. The fourth-order valence-corrected chi connectivity index (χ4v) is 2.50. The third-order valence-electron chi connectivity index (χ3n) is 3.33. The van der Waals surface area contributed by atoms with Crippen molar-refractivity contribution in [2.45, 2.75) is 32.0 Å². The van der Waals surface area contributed by atoms with Crippen LogP contribution in [0.2, 0.25) is 0 Å². The zero-order valence-electron chi connectivity index (χ0n) is 10.4. The fraction of sp³-hybridized carbons (Fsp3) is 0.571. The molecule has 1 aromatic carbocycles. The van der Waals surface area contributed by atoms with Crippen molar-refractivity contribution in [3.63, 3.8) is 0 Å². The number of nitrogens with zero attached hydrogens (tertiary/aromatic N) is 1. The van der Waals surface area contributed by atoms with Gasteiger partial charge in [-0.25, -0.2) is 0 Å². The summed E-state index contributed by atoms with van der Waals surface area (Å²) in [6.07, 6.45) is 1.22. The molecule has 0 spiro atoms. The van der Waals surface area contributed by atoms with E-state index < -0.39 is 0 Å². The molecule has 1 heterocycles. The zero-order chi connectivity index (χ0) is 12.1. The Kier molecular flexibility index (Phi) is 4.54. The molecule has 0 aromatic heterocycles. The quantitative estimate of drug-likeness (QED) is 0.842. The van der Waals surface area contributed by atoms with Gasteiger partial charge in [-0.2, -0.15) is 0 Å². The van der Waals surface area contributed by atoms with Crippen molar-refractivity contribution in [1.29, 1.82) is 0 Å². The van der Waals surface area contributed by atoms with E-state index in [-0.39, 0.29) is 18.8 Å².